The van der Waals surface area contributed by atoms with Crippen LogP contribution in [0.15, 0.2) is 30.3 Å². The van der Waals surface area contributed by atoms with Crippen molar-refractivity contribution in [2.75, 3.05) is 27.2 Å². The standard InChI is InChI=1S/C16H28N2/c1-4-5-9-14-18(17(2)3)15-10-13-16-11-7-6-8-12-16/h6-8,11-12H,4-5,9-10,13-15H2,1-3H3. The zero-order valence-electron chi connectivity index (χ0n) is 12.2. The lowest BCUT2D eigenvalue weighted by molar-refractivity contribution is 0.0224. The van der Waals surface area contributed by atoms with Crippen molar-refractivity contribution >= 4 is 0 Å². The Bertz CT molecular complexity index is 295. The molecule has 0 radical (unpaired) electrons. The Balaban J connectivity index is 2.25. The van der Waals surface area contributed by atoms with Gasteiger partial charge in [-0.05, 0) is 24.8 Å². The molecule has 2 heteroatoms. The van der Waals surface area contributed by atoms with Crippen LogP contribution in [0.2, 0.25) is 0 Å². The first kappa shape index (κ1) is 15.2. The maximum absolute atomic E-state index is 2.46. The van der Waals surface area contributed by atoms with E-state index in [0.29, 0.717) is 0 Å². The normalized spacial score (nSPS) is 11.4. The number of unbranched alkanes of at least 4 members (excludes halogenated alkanes) is 2. The van der Waals surface area contributed by atoms with Crippen molar-refractivity contribution in [1.82, 2.24) is 10.0 Å². The maximum Gasteiger partial charge on any atom is 0.0136 e. The molecule has 0 aromatic heterocycles. The van der Waals surface area contributed by atoms with Gasteiger partial charge in [0.05, 0.1) is 0 Å². The van der Waals surface area contributed by atoms with Crippen LogP contribution in [0.25, 0.3) is 0 Å². The van der Waals surface area contributed by atoms with Crippen LogP contribution < -0.4 is 0 Å². The molecule has 0 heterocycles. The van der Waals surface area contributed by atoms with Crippen molar-refractivity contribution in [3.8, 4) is 0 Å². The van der Waals surface area contributed by atoms with Crippen molar-refractivity contribution in [2.24, 2.45) is 0 Å². The third-order valence-electron chi connectivity index (χ3n) is 3.31. The summed E-state index contributed by atoms with van der Waals surface area (Å²) in [5.41, 5.74) is 1.45. The lowest BCUT2D eigenvalue weighted by Crippen LogP contribution is -2.38. The number of hydrogen-bond donors (Lipinski definition) is 0. The second-order valence-corrected chi connectivity index (χ2v) is 5.10. The van der Waals surface area contributed by atoms with E-state index in [1.807, 2.05) is 0 Å². The Morgan fingerprint density at radius 2 is 1.56 bits per heavy atom. The Kier molecular flexibility index (Phi) is 7.70. The summed E-state index contributed by atoms with van der Waals surface area (Å²) >= 11 is 0. The van der Waals surface area contributed by atoms with Gasteiger partial charge in [-0.1, -0.05) is 50.1 Å². The molecule has 0 bridgehead atoms. The number of rotatable bonds is 9. The van der Waals surface area contributed by atoms with E-state index in [9.17, 15) is 0 Å². The zero-order valence-corrected chi connectivity index (χ0v) is 12.2. The van der Waals surface area contributed by atoms with Gasteiger partial charge in [-0.2, -0.15) is 0 Å². The van der Waals surface area contributed by atoms with Gasteiger partial charge in [0.15, 0.2) is 0 Å². The largest absolute Gasteiger partial charge is 0.248 e. The lowest BCUT2D eigenvalue weighted by atomic mass is 10.1. The van der Waals surface area contributed by atoms with E-state index in [4.69, 9.17) is 0 Å². The highest BCUT2D eigenvalue weighted by atomic mass is 15.6. The summed E-state index contributed by atoms with van der Waals surface area (Å²) in [5, 5.41) is 4.69. The number of hydrazine groups is 1. The van der Waals surface area contributed by atoms with Gasteiger partial charge in [0.25, 0.3) is 0 Å². The predicted octanol–water partition coefficient (Wildman–Crippen LogP) is 3.59. The first-order chi connectivity index (χ1) is 8.74. The maximum atomic E-state index is 2.46. The smallest absolute Gasteiger partial charge is 0.0136 e. The SMILES string of the molecule is CCCCCN(CCCc1ccccc1)N(C)C. The molecule has 2 nitrogen and oxygen atoms in total. The van der Waals surface area contributed by atoms with Crippen LogP contribution in [0.5, 0.6) is 0 Å². The Hall–Kier alpha value is -0.860. The third-order valence-corrected chi connectivity index (χ3v) is 3.31. The van der Waals surface area contributed by atoms with E-state index in [-0.39, 0.29) is 0 Å². The van der Waals surface area contributed by atoms with E-state index in [2.05, 4.69) is 61.4 Å². The Morgan fingerprint density at radius 1 is 0.889 bits per heavy atom. The van der Waals surface area contributed by atoms with Gasteiger partial charge in [0, 0.05) is 27.2 Å². The number of aryl methyl sites for hydroxylation is 1. The highest BCUT2D eigenvalue weighted by molar-refractivity contribution is 5.14. The average molecular weight is 248 g/mol. The van der Waals surface area contributed by atoms with Crippen LogP contribution in [-0.2, 0) is 6.42 Å². The van der Waals surface area contributed by atoms with Crippen LogP contribution in [-0.4, -0.2) is 37.2 Å². The summed E-state index contributed by atoms with van der Waals surface area (Å²) < 4.78 is 0. The topological polar surface area (TPSA) is 6.48 Å². The molecule has 102 valence electrons. The van der Waals surface area contributed by atoms with E-state index in [0.717, 1.165) is 6.54 Å². The van der Waals surface area contributed by atoms with Crippen molar-refractivity contribution in [1.29, 1.82) is 0 Å². The highest BCUT2D eigenvalue weighted by Gasteiger charge is 2.06. The molecule has 0 aliphatic rings. The first-order valence-electron chi connectivity index (χ1n) is 7.20. The third kappa shape index (κ3) is 6.18. The van der Waals surface area contributed by atoms with Gasteiger partial charge in [-0.15, -0.1) is 0 Å². The molecule has 1 aromatic rings. The quantitative estimate of drug-likeness (QED) is 0.487. The minimum Gasteiger partial charge on any atom is -0.248 e. The summed E-state index contributed by atoms with van der Waals surface area (Å²) in [7, 11) is 4.29. The van der Waals surface area contributed by atoms with E-state index in [1.165, 1.54) is 44.2 Å². The molecule has 0 saturated heterocycles. The summed E-state index contributed by atoms with van der Waals surface area (Å²) in [5.74, 6) is 0. The van der Waals surface area contributed by atoms with E-state index in [1.54, 1.807) is 0 Å². The van der Waals surface area contributed by atoms with Crippen molar-refractivity contribution in [3.05, 3.63) is 35.9 Å². The van der Waals surface area contributed by atoms with Gasteiger partial charge in [-0.25, -0.2) is 10.0 Å². The molecule has 0 aliphatic carbocycles. The highest BCUT2D eigenvalue weighted by Crippen LogP contribution is 2.06. The minimum atomic E-state index is 1.16. The molecule has 0 amide bonds. The molecule has 18 heavy (non-hydrogen) atoms. The lowest BCUT2D eigenvalue weighted by Gasteiger charge is -2.28. The Labute approximate surface area is 113 Å². The number of nitrogens with zero attached hydrogens (tertiary/aromatic N) is 2. The molecule has 0 fully saturated rings. The molecule has 0 atom stereocenters. The van der Waals surface area contributed by atoms with Crippen molar-refractivity contribution in [2.45, 2.75) is 39.0 Å². The van der Waals surface area contributed by atoms with Crippen LogP contribution in [0, 0.1) is 0 Å². The number of hydrogen-bond acceptors (Lipinski definition) is 2. The molecule has 0 aliphatic heterocycles. The van der Waals surface area contributed by atoms with Crippen LogP contribution in [0.1, 0.15) is 38.2 Å². The molecule has 0 saturated carbocycles. The number of benzene rings is 1. The summed E-state index contributed by atoms with van der Waals surface area (Å²) in [6, 6.07) is 10.8. The average Bonchev–Trinajstić information content (AvgIpc) is 2.38. The molecule has 0 unspecified atom stereocenters. The molecule has 0 spiro atoms. The van der Waals surface area contributed by atoms with Gasteiger partial charge in [0.2, 0.25) is 0 Å². The molecular weight excluding hydrogens is 220 g/mol. The van der Waals surface area contributed by atoms with Gasteiger partial charge >= 0.3 is 0 Å². The van der Waals surface area contributed by atoms with Gasteiger partial charge in [-0.3, -0.25) is 0 Å². The van der Waals surface area contributed by atoms with Crippen molar-refractivity contribution in [3.63, 3.8) is 0 Å². The Morgan fingerprint density at radius 3 is 2.17 bits per heavy atom. The summed E-state index contributed by atoms with van der Waals surface area (Å²) in [6.45, 7) is 4.61. The van der Waals surface area contributed by atoms with E-state index >= 15 is 0 Å². The fraction of sp³-hybridized carbons (Fsp3) is 0.625. The second-order valence-electron chi connectivity index (χ2n) is 5.10. The van der Waals surface area contributed by atoms with Crippen LogP contribution in [0.4, 0.5) is 0 Å². The van der Waals surface area contributed by atoms with E-state index < -0.39 is 0 Å². The zero-order chi connectivity index (χ0) is 13.2. The van der Waals surface area contributed by atoms with Crippen molar-refractivity contribution < 1.29 is 0 Å². The van der Waals surface area contributed by atoms with Gasteiger partial charge < -0.3 is 0 Å². The summed E-state index contributed by atoms with van der Waals surface area (Å²) in [4.78, 5) is 0. The monoisotopic (exact) mass is 248 g/mol. The predicted molar refractivity (Wildman–Crippen MR) is 79.5 cm³/mol. The van der Waals surface area contributed by atoms with Crippen LogP contribution in [0.3, 0.4) is 0 Å². The molecule has 1 rings (SSSR count). The molecular formula is C16H28N2. The second kappa shape index (κ2) is 9.12. The minimum absolute atomic E-state index is 1.16. The fourth-order valence-corrected chi connectivity index (χ4v) is 2.17. The van der Waals surface area contributed by atoms with Gasteiger partial charge in [0.1, 0.15) is 0 Å². The summed E-state index contributed by atoms with van der Waals surface area (Å²) in [6.07, 6.45) is 6.35. The first-order valence-corrected chi connectivity index (χ1v) is 7.20. The van der Waals surface area contributed by atoms with Crippen LogP contribution >= 0.6 is 0 Å². The molecule has 0 N–H and O–H groups in total. The molecule has 1 aromatic carbocycles. The fourth-order valence-electron chi connectivity index (χ4n) is 2.17.